The number of carbonyl (C=O) groups is 1. The summed E-state index contributed by atoms with van der Waals surface area (Å²) in [5.74, 6) is 1.09. The molecule has 0 radical (unpaired) electrons. The van der Waals surface area contributed by atoms with E-state index >= 15 is 0 Å². The molecule has 1 aliphatic rings. The molecule has 4 rings (SSSR count). The molecule has 1 aromatic heterocycles. The SMILES string of the molecule is CN1CCSc2ccc(NC(=O)Nc3c[nH]c4ccccc34)cc21. The van der Waals surface area contributed by atoms with E-state index in [2.05, 4.69) is 33.6 Å². The minimum absolute atomic E-state index is 0.245. The number of hydrogen-bond acceptors (Lipinski definition) is 3. The molecule has 1 aliphatic heterocycles. The van der Waals surface area contributed by atoms with E-state index in [1.54, 1.807) is 0 Å². The fourth-order valence-corrected chi connectivity index (χ4v) is 4.00. The Morgan fingerprint density at radius 2 is 2.08 bits per heavy atom. The molecule has 0 saturated heterocycles. The number of benzene rings is 2. The zero-order valence-corrected chi connectivity index (χ0v) is 14.1. The summed E-state index contributed by atoms with van der Waals surface area (Å²) in [4.78, 5) is 18.9. The fraction of sp³-hybridized carbons (Fsp3) is 0.167. The predicted molar refractivity (Wildman–Crippen MR) is 101 cm³/mol. The zero-order chi connectivity index (χ0) is 16.5. The van der Waals surface area contributed by atoms with Crippen LogP contribution in [0.3, 0.4) is 0 Å². The quantitative estimate of drug-likeness (QED) is 0.651. The molecule has 3 aromatic rings. The van der Waals surface area contributed by atoms with E-state index in [1.807, 2.05) is 54.4 Å². The molecular formula is C18H18N4OS. The molecule has 122 valence electrons. The van der Waals surface area contributed by atoms with Gasteiger partial charge in [0.05, 0.1) is 11.4 Å². The lowest BCUT2D eigenvalue weighted by atomic mass is 10.2. The van der Waals surface area contributed by atoms with Crippen LogP contribution < -0.4 is 15.5 Å². The molecule has 0 saturated carbocycles. The van der Waals surface area contributed by atoms with E-state index in [0.29, 0.717) is 0 Å². The Balaban J connectivity index is 1.51. The van der Waals surface area contributed by atoms with Gasteiger partial charge < -0.3 is 20.5 Å². The van der Waals surface area contributed by atoms with Gasteiger partial charge in [-0.2, -0.15) is 0 Å². The summed E-state index contributed by atoms with van der Waals surface area (Å²) in [6.45, 7) is 1.02. The predicted octanol–water partition coefficient (Wildman–Crippen LogP) is 4.35. The van der Waals surface area contributed by atoms with Gasteiger partial charge in [0.2, 0.25) is 0 Å². The molecule has 2 amide bonds. The molecule has 24 heavy (non-hydrogen) atoms. The average molecular weight is 338 g/mol. The number of urea groups is 1. The summed E-state index contributed by atoms with van der Waals surface area (Å²) >= 11 is 1.85. The second kappa shape index (κ2) is 6.13. The van der Waals surface area contributed by atoms with Gasteiger partial charge in [0.25, 0.3) is 0 Å². The van der Waals surface area contributed by atoms with E-state index in [0.717, 1.165) is 40.3 Å². The molecule has 3 N–H and O–H groups in total. The van der Waals surface area contributed by atoms with Gasteiger partial charge in [-0.05, 0) is 24.3 Å². The fourth-order valence-electron chi connectivity index (χ4n) is 2.89. The molecule has 0 atom stereocenters. The van der Waals surface area contributed by atoms with Crippen LogP contribution in [0.15, 0.2) is 53.6 Å². The van der Waals surface area contributed by atoms with E-state index in [-0.39, 0.29) is 6.03 Å². The van der Waals surface area contributed by atoms with Crippen molar-refractivity contribution in [2.45, 2.75) is 4.90 Å². The maximum atomic E-state index is 12.3. The van der Waals surface area contributed by atoms with Crippen molar-refractivity contribution in [3.8, 4) is 0 Å². The third kappa shape index (κ3) is 2.80. The first-order valence-corrected chi connectivity index (χ1v) is 8.81. The Hall–Kier alpha value is -2.60. The first kappa shape index (κ1) is 15.0. The number of anilines is 3. The number of nitrogens with one attached hydrogen (secondary N) is 3. The number of thioether (sulfide) groups is 1. The summed E-state index contributed by atoms with van der Waals surface area (Å²) in [7, 11) is 2.08. The van der Waals surface area contributed by atoms with Gasteiger partial charge in [-0.15, -0.1) is 11.8 Å². The normalized spacial score (nSPS) is 13.6. The van der Waals surface area contributed by atoms with Crippen LogP contribution >= 0.6 is 11.8 Å². The van der Waals surface area contributed by atoms with Crippen molar-refractivity contribution < 1.29 is 4.79 Å². The average Bonchev–Trinajstić information content (AvgIpc) is 2.99. The van der Waals surface area contributed by atoms with Crippen LogP contribution in [0.25, 0.3) is 10.9 Å². The van der Waals surface area contributed by atoms with Gasteiger partial charge in [0.1, 0.15) is 0 Å². The highest BCUT2D eigenvalue weighted by atomic mass is 32.2. The lowest BCUT2D eigenvalue weighted by Gasteiger charge is -2.27. The number of carbonyl (C=O) groups excluding carboxylic acids is 1. The maximum Gasteiger partial charge on any atom is 0.323 e. The van der Waals surface area contributed by atoms with Crippen molar-refractivity contribution in [1.82, 2.24) is 4.98 Å². The van der Waals surface area contributed by atoms with E-state index in [4.69, 9.17) is 0 Å². The molecule has 0 unspecified atom stereocenters. The molecule has 0 aliphatic carbocycles. The molecule has 0 spiro atoms. The number of hydrogen-bond donors (Lipinski definition) is 3. The molecule has 5 nitrogen and oxygen atoms in total. The number of para-hydroxylation sites is 1. The smallest absolute Gasteiger partial charge is 0.323 e. The van der Waals surface area contributed by atoms with Crippen LogP contribution in [0.5, 0.6) is 0 Å². The summed E-state index contributed by atoms with van der Waals surface area (Å²) in [6.07, 6.45) is 1.81. The van der Waals surface area contributed by atoms with Crippen LogP contribution in [-0.4, -0.2) is 30.4 Å². The van der Waals surface area contributed by atoms with Crippen LogP contribution in [0.1, 0.15) is 0 Å². The Morgan fingerprint density at radius 1 is 1.21 bits per heavy atom. The highest BCUT2D eigenvalue weighted by molar-refractivity contribution is 7.99. The van der Waals surface area contributed by atoms with Crippen molar-refractivity contribution in [3.05, 3.63) is 48.7 Å². The number of aromatic amines is 1. The first-order valence-electron chi connectivity index (χ1n) is 7.83. The summed E-state index contributed by atoms with van der Waals surface area (Å²) < 4.78 is 0. The van der Waals surface area contributed by atoms with Gasteiger partial charge in [0, 0.05) is 47.0 Å². The van der Waals surface area contributed by atoms with Crippen molar-refractivity contribution in [3.63, 3.8) is 0 Å². The van der Waals surface area contributed by atoms with E-state index in [9.17, 15) is 4.79 Å². The molecular weight excluding hydrogens is 320 g/mol. The third-order valence-electron chi connectivity index (χ3n) is 4.15. The monoisotopic (exact) mass is 338 g/mol. The molecule has 2 aromatic carbocycles. The van der Waals surface area contributed by atoms with Crippen molar-refractivity contribution in [1.29, 1.82) is 0 Å². The van der Waals surface area contributed by atoms with Crippen molar-refractivity contribution >= 4 is 45.8 Å². The Morgan fingerprint density at radius 3 is 3.00 bits per heavy atom. The lowest BCUT2D eigenvalue weighted by molar-refractivity contribution is 0.262. The van der Waals surface area contributed by atoms with Crippen LogP contribution in [0, 0.1) is 0 Å². The summed E-state index contributed by atoms with van der Waals surface area (Å²) in [5.41, 5.74) is 3.73. The minimum Gasteiger partial charge on any atom is -0.373 e. The maximum absolute atomic E-state index is 12.3. The zero-order valence-electron chi connectivity index (χ0n) is 13.3. The summed E-state index contributed by atoms with van der Waals surface area (Å²) in [6, 6.07) is 13.7. The Bertz CT molecular complexity index is 905. The number of fused-ring (bicyclic) bond motifs is 2. The van der Waals surface area contributed by atoms with Gasteiger partial charge in [-0.3, -0.25) is 0 Å². The van der Waals surface area contributed by atoms with E-state index < -0.39 is 0 Å². The summed E-state index contributed by atoms with van der Waals surface area (Å²) in [5, 5.41) is 6.81. The number of nitrogens with zero attached hydrogens (tertiary/aromatic N) is 1. The number of H-pyrrole nitrogens is 1. The standard InChI is InChI=1S/C18H18N4OS/c1-22-8-9-24-17-7-6-12(10-16(17)22)20-18(23)21-15-11-19-14-5-3-2-4-13(14)15/h2-7,10-11,19H,8-9H2,1H3,(H2,20,21,23). The second-order valence-corrected chi connectivity index (χ2v) is 6.92. The number of rotatable bonds is 2. The number of aromatic nitrogens is 1. The topological polar surface area (TPSA) is 60.2 Å². The minimum atomic E-state index is -0.245. The molecule has 0 fully saturated rings. The molecule has 0 bridgehead atoms. The third-order valence-corrected chi connectivity index (χ3v) is 5.19. The molecule has 6 heteroatoms. The van der Waals surface area contributed by atoms with Crippen molar-refractivity contribution in [2.24, 2.45) is 0 Å². The second-order valence-electron chi connectivity index (χ2n) is 5.78. The highest BCUT2D eigenvalue weighted by Crippen LogP contribution is 2.35. The van der Waals surface area contributed by atoms with Gasteiger partial charge in [-0.1, -0.05) is 18.2 Å². The number of amides is 2. The Labute approximate surface area is 144 Å². The van der Waals surface area contributed by atoms with Crippen LogP contribution in [-0.2, 0) is 0 Å². The largest absolute Gasteiger partial charge is 0.373 e. The van der Waals surface area contributed by atoms with Crippen LogP contribution in [0.2, 0.25) is 0 Å². The molecule has 2 heterocycles. The Kier molecular flexibility index (Phi) is 3.82. The lowest BCUT2D eigenvalue weighted by Crippen LogP contribution is -2.25. The first-order chi connectivity index (χ1) is 11.7. The van der Waals surface area contributed by atoms with Crippen LogP contribution in [0.4, 0.5) is 21.9 Å². The van der Waals surface area contributed by atoms with Crippen molar-refractivity contribution in [2.75, 3.05) is 34.9 Å². The highest BCUT2D eigenvalue weighted by Gasteiger charge is 2.15. The van der Waals surface area contributed by atoms with Gasteiger partial charge in [-0.25, -0.2) is 4.79 Å². The van der Waals surface area contributed by atoms with Gasteiger partial charge >= 0.3 is 6.03 Å². The van der Waals surface area contributed by atoms with E-state index in [1.165, 1.54) is 4.90 Å². The van der Waals surface area contributed by atoms with Gasteiger partial charge in [0.15, 0.2) is 0 Å².